The molecule has 0 aliphatic heterocycles. The van der Waals surface area contributed by atoms with Crippen LogP contribution in [0.1, 0.15) is 37.0 Å². The van der Waals surface area contributed by atoms with E-state index in [0.29, 0.717) is 5.56 Å². The number of ether oxygens (including phenoxy) is 1. The minimum atomic E-state index is -1.22. The second kappa shape index (κ2) is 5.46. The zero-order valence-corrected chi connectivity index (χ0v) is 11.1. The quantitative estimate of drug-likeness (QED) is 0.869. The Morgan fingerprint density at radius 2 is 2.00 bits per heavy atom. The van der Waals surface area contributed by atoms with Gasteiger partial charge in [-0.2, -0.15) is 0 Å². The first-order valence-electron chi connectivity index (χ1n) is 5.02. The van der Waals surface area contributed by atoms with Gasteiger partial charge in [-0.25, -0.2) is 4.79 Å². The van der Waals surface area contributed by atoms with Gasteiger partial charge in [0.2, 0.25) is 0 Å². The lowest BCUT2D eigenvalue weighted by atomic mass is 9.94. The van der Waals surface area contributed by atoms with Crippen LogP contribution in [0.25, 0.3) is 0 Å². The normalized spacial score (nSPS) is 12.6. The molecule has 1 rings (SSSR count). The van der Waals surface area contributed by atoms with Crippen LogP contribution in [0.4, 0.5) is 0 Å². The van der Waals surface area contributed by atoms with Crippen LogP contribution in [0.5, 0.6) is 0 Å². The molecule has 4 heteroatoms. The predicted molar refractivity (Wildman–Crippen MR) is 65.2 cm³/mol. The molecule has 88 valence electrons. The van der Waals surface area contributed by atoms with Crippen LogP contribution in [-0.2, 0) is 9.53 Å². The third-order valence-corrected chi connectivity index (χ3v) is 2.88. The molecule has 0 fully saturated rings. The summed E-state index contributed by atoms with van der Waals surface area (Å²) in [6, 6.07) is 5.54. The van der Waals surface area contributed by atoms with E-state index in [1.165, 1.54) is 7.11 Å². The van der Waals surface area contributed by atoms with Gasteiger partial charge in [0.05, 0.1) is 7.11 Å². The molecular formula is C12H15BrO3. The van der Waals surface area contributed by atoms with Gasteiger partial charge in [0.25, 0.3) is 0 Å². The largest absolute Gasteiger partial charge is 0.467 e. The SMILES string of the molecule is COC(=O)C(O)c1cc(Br)ccc1C(C)C. The van der Waals surface area contributed by atoms with Gasteiger partial charge in [-0.15, -0.1) is 0 Å². The zero-order chi connectivity index (χ0) is 12.3. The Hall–Kier alpha value is -0.870. The Balaban J connectivity index is 3.19. The standard InChI is InChI=1S/C12H15BrO3/c1-7(2)9-5-4-8(13)6-10(9)11(14)12(15)16-3/h4-7,11,14H,1-3H3. The third kappa shape index (κ3) is 2.83. The maximum atomic E-state index is 11.3. The summed E-state index contributed by atoms with van der Waals surface area (Å²) in [5.74, 6) is -0.401. The van der Waals surface area contributed by atoms with Gasteiger partial charge < -0.3 is 9.84 Å². The number of benzene rings is 1. The van der Waals surface area contributed by atoms with E-state index < -0.39 is 12.1 Å². The Bertz CT molecular complexity index is 388. The molecule has 0 heterocycles. The zero-order valence-electron chi connectivity index (χ0n) is 9.53. The van der Waals surface area contributed by atoms with Crippen molar-refractivity contribution in [3.63, 3.8) is 0 Å². The summed E-state index contributed by atoms with van der Waals surface area (Å²) in [5, 5.41) is 9.85. The van der Waals surface area contributed by atoms with Crippen LogP contribution in [0.2, 0.25) is 0 Å². The lowest BCUT2D eigenvalue weighted by Gasteiger charge is -2.16. The van der Waals surface area contributed by atoms with Gasteiger partial charge in [-0.3, -0.25) is 0 Å². The molecule has 0 radical (unpaired) electrons. The van der Waals surface area contributed by atoms with Gasteiger partial charge in [-0.05, 0) is 29.2 Å². The molecule has 0 spiro atoms. The molecule has 0 bridgehead atoms. The van der Waals surface area contributed by atoms with E-state index in [0.717, 1.165) is 10.0 Å². The number of hydrogen-bond acceptors (Lipinski definition) is 3. The molecule has 1 aromatic rings. The van der Waals surface area contributed by atoms with Crippen LogP contribution in [-0.4, -0.2) is 18.2 Å². The van der Waals surface area contributed by atoms with Crippen LogP contribution >= 0.6 is 15.9 Å². The molecule has 0 amide bonds. The summed E-state index contributed by atoms with van der Waals surface area (Å²) < 4.78 is 5.37. The van der Waals surface area contributed by atoms with Crippen molar-refractivity contribution in [2.24, 2.45) is 0 Å². The fourth-order valence-corrected chi connectivity index (χ4v) is 1.93. The lowest BCUT2D eigenvalue weighted by molar-refractivity contribution is -0.150. The van der Waals surface area contributed by atoms with Gasteiger partial charge in [-0.1, -0.05) is 35.8 Å². The number of carbonyl (C=O) groups excluding carboxylic acids is 1. The van der Waals surface area contributed by atoms with Crippen molar-refractivity contribution in [1.82, 2.24) is 0 Å². The van der Waals surface area contributed by atoms with Crippen LogP contribution < -0.4 is 0 Å². The van der Waals surface area contributed by atoms with Crippen molar-refractivity contribution in [2.45, 2.75) is 25.9 Å². The molecule has 0 aliphatic rings. The Morgan fingerprint density at radius 1 is 1.38 bits per heavy atom. The number of methoxy groups -OCH3 is 1. The molecule has 1 aromatic carbocycles. The van der Waals surface area contributed by atoms with E-state index in [1.54, 1.807) is 6.07 Å². The van der Waals surface area contributed by atoms with Crippen molar-refractivity contribution >= 4 is 21.9 Å². The van der Waals surface area contributed by atoms with Crippen molar-refractivity contribution in [2.75, 3.05) is 7.11 Å². The first kappa shape index (κ1) is 13.2. The van der Waals surface area contributed by atoms with Crippen LogP contribution in [0, 0.1) is 0 Å². The summed E-state index contributed by atoms with van der Waals surface area (Å²) in [6.45, 7) is 4.02. The van der Waals surface area contributed by atoms with Gasteiger partial charge in [0.15, 0.2) is 6.10 Å². The highest BCUT2D eigenvalue weighted by Gasteiger charge is 2.22. The van der Waals surface area contributed by atoms with Crippen LogP contribution in [0.15, 0.2) is 22.7 Å². The topological polar surface area (TPSA) is 46.5 Å². The summed E-state index contributed by atoms with van der Waals surface area (Å²) in [7, 11) is 1.26. The lowest BCUT2D eigenvalue weighted by Crippen LogP contribution is -2.15. The molecule has 0 saturated carbocycles. The molecule has 1 atom stereocenters. The van der Waals surface area contributed by atoms with Crippen molar-refractivity contribution in [3.05, 3.63) is 33.8 Å². The molecular weight excluding hydrogens is 272 g/mol. The first-order chi connectivity index (χ1) is 7.47. The summed E-state index contributed by atoms with van der Waals surface area (Å²) in [6.07, 6.45) is -1.22. The van der Waals surface area contributed by atoms with E-state index in [4.69, 9.17) is 0 Å². The molecule has 16 heavy (non-hydrogen) atoms. The van der Waals surface area contributed by atoms with Crippen molar-refractivity contribution < 1.29 is 14.6 Å². The second-order valence-electron chi connectivity index (χ2n) is 3.85. The van der Waals surface area contributed by atoms with E-state index in [1.807, 2.05) is 26.0 Å². The van der Waals surface area contributed by atoms with E-state index >= 15 is 0 Å². The highest BCUT2D eigenvalue weighted by molar-refractivity contribution is 9.10. The number of esters is 1. The number of aliphatic hydroxyl groups is 1. The molecule has 0 aliphatic carbocycles. The molecule has 0 saturated heterocycles. The number of aliphatic hydroxyl groups excluding tert-OH is 1. The molecule has 1 unspecified atom stereocenters. The minimum Gasteiger partial charge on any atom is -0.467 e. The third-order valence-electron chi connectivity index (χ3n) is 2.39. The minimum absolute atomic E-state index is 0.238. The maximum Gasteiger partial charge on any atom is 0.339 e. The van der Waals surface area contributed by atoms with E-state index in [2.05, 4.69) is 20.7 Å². The predicted octanol–water partition coefficient (Wildman–Crippen LogP) is 2.78. The average Bonchev–Trinajstić information content (AvgIpc) is 2.26. The highest BCUT2D eigenvalue weighted by atomic mass is 79.9. The maximum absolute atomic E-state index is 11.3. The van der Waals surface area contributed by atoms with Gasteiger partial charge >= 0.3 is 5.97 Å². The molecule has 0 aromatic heterocycles. The van der Waals surface area contributed by atoms with Gasteiger partial charge in [0.1, 0.15) is 0 Å². The Morgan fingerprint density at radius 3 is 2.50 bits per heavy atom. The monoisotopic (exact) mass is 286 g/mol. The number of hydrogen-bond donors (Lipinski definition) is 1. The number of rotatable bonds is 3. The van der Waals surface area contributed by atoms with Crippen molar-refractivity contribution in [3.8, 4) is 0 Å². The van der Waals surface area contributed by atoms with Gasteiger partial charge in [0, 0.05) is 4.47 Å². The summed E-state index contributed by atoms with van der Waals surface area (Å²) in [5.41, 5.74) is 1.54. The molecule has 3 nitrogen and oxygen atoms in total. The molecule has 1 N–H and O–H groups in total. The second-order valence-corrected chi connectivity index (χ2v) is 4.77. The summed E-state index contributed by atoms with van der Waals surface area (Å²) >= 11 is 3.32. The van der Waals surface area contributed by atoms with Crippen LogP contribution in [0.3, 0.4) is 0 Å². The fourth-order valence-electron chi connectivity index (χ4n) is 1.55. The number of halogens is 1. The fraction of sp³-hybridized carbons (Fsp3) is 0.417. The number of carbonyl (C=O) groups is 1. The van der Waals surface area contributed by atoms with E-state index in [9.17, 15) is 9.90 Å². The average molecular weight is 287 g/mol. The van der Waals surface area contributed by atoms with E-state index in [-0.39, 0.29) is 5.92 Å². The summed E-state index contributed by atoms with van der Waals surface area (Å²) in [4.78, 5) is 11.3. The first-order valence-corrected chi connectivity index (χ1v) is 5.82. The smallest absolute Gasteiger partial charge is 0.339 e. The van der Waals surface area contributed by atoms with Crippen molar-refractivity contribution in [1.29, 1.82) is 0 Å². The highest BCUT2D eigenvalue weighted by Crippen LogP contribution is 2.28. The Kier molecular flexibility index (Phi) is 4.50. The Labute approximate surface area is 104 Å².